The number of carbonyl (C=O) groups excluding carboxylic acids is 2. The van der Waals surface area contributed by atoms with Gasteiger partial charge in [0.2, 0.25) is 5.91 Å². The van der Waals surface area contributed by atoms with Crippen LogP contribution in [0.1, 0.15) is 41.6 Å². The number of carbonyl (C=O) groups is 2. The summed E-state index contributed by atoms with van der Waals surface area (Å²) in [5, 5.41) is 2.87. The summed E-state index contributed by atoms with van der Waals surface area (Å²) in [6.07, 6.45) is 2.46. The fourth-order valence-electron chi connectivity index (χ4n) is 4.57. The topological polar surface area (TPSA) is 52.7 Å². The molecule has 0 atom stereocenters. The number of ketones is 1. The second kappa shape index (κ2) is 8.75. The van der Waals surface area contributed by atoms with Crippen molar-refractivity contribution in [1.29, 1.82) is 0 Å². The maximum Gasteiger partial charge on any atom is 0.247 e. The van der Waals surface area contributed by atoms with Crippen LogP contribution in [0.3, 0.4) is 0 Å². The third-order valence-electron chi connectivity index (χ3n) is 6.49. The first-order valence-electron chi connectivity index (χ1n) is 10.7. The maximum atomic E-state index is 13.8. The fourth-order valence-corrected chi connectivity index (χ4v) is 4.57. The highest BCUT2D eigenvalue weighted by atomic mass is 19.2. The molecule has 0 unspecified atom stereocenters. The number of hydrogen-bond donors (Lipinski definition) is 1. The Bertz CT molecular complexity index is 969. The molecular formula is C24H27F2N3O2. The predicted molar refractivity (Wildman–Crippen MR) is 115 cm³/mol. The van der Waals surface area contributed by atoms with Crippen molar-refractivity contribution in [3.8, 4) is 0 Å². The zero-order valence-corrected chi connectivity index (χ0v) is 17.7. The average Bonchev–Trinajstić information content (AvgIpc) is 3.07. The molecule has 2 heterocycles. The smallest absolute Gasteiger partial charge is 0.247 e. The molecule has 31 heavy (non-hydrogen) atoms. The average molecular weight is 427 g/mol. The Hall–Kier alpha value is -2.80. The number of Topliss-reactive ketones (excluding diaryl/α,β-unsaturated/α-hetero) is 1. The summed E-state index contributed by atoms with van der Waals surface area (Å²) in [6, 6.07) is 11.4. The molecule has 5 nitrogen and oxygen atoms in total. The molecule has 164 valence electrons. The van der Waals surface area contributed by atoms with Gasteiger partial charge in [-0.15, -0.1) is 0 Å². The van der Waals surface area contributed by atoms with E-state index in [1.54, 1.807) is 0 Å². The van der Waals surface area contributed by atoms with Crippen molar-refractivity contribution < 1.29 is 18.4 Å². The van der Waals surface area contributed by atoms with Gasteiger partial charge < -0.3 is 15.1 Å². The van der Waals surface area contributed by atoms with Gasteiger partial charge in [0, 0.05) is 36.8 Å². The van der Waals surface area contributed by atoms with E-state index < -0.39 is 17.2 Å². The van der Waals surface area contributed by atoms with Crippen molar-refractivity contribution in [3.63, 3.8) is 0 Å². The number of halogens is 2. The fraction of sp³-hybridized carbons (Fsp3) is 0.417. The molecule has 2 saturated heterocycles. The number of hydrogen-bond acceptors (Lipinski definition) is 4. The largest absolute Gasteiger partial charge is 0.339 e. The van der Waals surface area contributed by atoms with Crippen molar-refractivity contribution in [3.05, 3.63) is 65.2 Å². The van der Waals surface area contributed by atoms with E-state index in [9.17, 15) is 18.4 Å². The second-order valence-electron chi connectivity index (χ2n) is 8.46. The monoisotopic (exact) mass is 427 g/mol. The second-order valence-corrected chi connectivity index (χ2v) is 8.46. The van der Waals surface area contributed by atoms with E-state index in [0.717, 1.165) is 36.2 Å². The summed E-state index contributed by atoms with van der Waals surface area (Å²) >= 11 is 0. The molecule has 0 aromatic heterocycles. The predicted octanol–water partition coefficient (Wildman–Crippen LogP) is 3.66. The van der Waals surface area contributed by atoms with Crippen LogP contribution in [-0.2, 0) is 4.79 Å². The molecule has 7 heteroatoms. The van der Waals surface area contributed by atoms with Gasteiger partial charge in [-0.1, -0.05) is 29.8 Å². The maximum absolute atomic E-state index is 13.8. The normalized spacial score (nSPS) is 18.4. The summed E-state index contributed by atoms with van der Waals surface area (Å²) in [4.78, 5) is 29.2. The minimum Gasteiger partial charge on any atom is -0.339 e. The highest BCUT2D eigenvalue weighted by Gasteiger charge is 2.50. The van der Waals surface area contributed by atoms with Gasteiger partial charge in [-0.25, -0.2) is 8.78 Å². The first kappa shape index (κ1) is 21.4. The molecule has 2 aliphatic rings. The van der Waals surface area contributed by atoms with Gasteiger partial charge in [0.1, 0.15) is 5.54 Å². The number of piperidine rings is 1. The summed E-state index contributed by atoms with van der Waals surface area (Å²) < 4.78 is 27.1. The number of aryl methyl sites for hydroxylation is 1. The summed E-state index contributed by atoms with van der Waals surface area (Å²) in [7, 11) is 0. The lowest BCUT2D eigenvalue weighted by Crippen LogP contribution is -2.56. The number of likely N-dealkylation sites (tertiary alicyclic amines) is 1. The van der Waals surface area contributed by atoms with Crippen LogP contribution in [0.2, 0.25) is 0 Å². The van der Waals surface area contributed by atoms with Crippen LogP contribution in [0.25, 0.3) is 0 Å². The van der Waals surface area contributed by atoms with Gasteiger partial charge >= 0.3 is 0 Å². The Balaban J connectivity index is 1.33. The van der Waals surface area contributed by atoms with Gasteiger partial charge in [-0.05, 0) is 44.9 Å². The van der Waals surface area contributed by atoms with Gasteiger partial charge in [-0.2, -0.15) is 0 Å². The van der Waals surface area contributed by atoms with Gasteiger partial charge in [0.25, 0.3) is 0 Å². The third-order valence-corrected chi connectivity index (χ3v) is 6.49. The summed E-state index contributed by atoms with van der Waals surface area (Å²) in [6.45, 7) is 4.50. The molecular weight excluding hydrogens is 400 g/mol. The number of rotatable bonds is 6. The Labute approximate surface area is 181 Å². The van der Waals surface area contributed by atoms with E-state index in [0.29, 0.717) is 38.0 Å². The minimum absolute atomic E-state index is 0.0635. The number of amides is 1. The Morgan fingerprint density at radius 3 is 2.45 bits per heavy atom. The quantitative estimate of drug-likeness (QED) is 0.715. The van der Waals surface area contributed by atoms with Crippen molar-refractivity contribution >= 4 is 17.4 Å². The molecule has 0 saturated carbocycles. The molecule has 2 fully saturated rings. The van der Waals surface area contributed by atoms with Crippen LogP contribution in [0, 0.1) is 18.6 Å². The highest BCUT2D eigenvalue weighted by molar-refractivity contribution is 5.96. The number of nitrogens with zero attached hydrogens (tertiary/aromatic N) is 2. The van der Waals surface area contributed by atoms with Gasteiger partial charge in [0.15, 0.2) is 17.4 Å². The number of nitrogens with one attached hydrogen (secondary N) is 1. The van der Waals surface area contributed by atoms with Crippen molar-refractivity contribution in [2.45, 2.75) is 38.1 Å². The van der Waals surface area contributed by atoms with Gasteiger partial charge in [-0.3, -0.25) is 9.59 Å². The van der Waals surface area contributed by atoms with Crippen LogP contribution < -0.4 is 10.2 Å². The van der Waals surface area contributed by atoms with Crippen molar-refractivity contribution in [2.24, 2.45) is 0 Å². The number of anilines is 1. The lowest BCUT2D eigenvalue weighted by Gasteiger charge is -2.43. The van der Waals surface area contributed by atoms with Crippen LogP contribution in [-0.4, -0.2) is 48.4 Å². The van der Waals surface area contributed by atoms with Crippen LogP contribution in [0.4, 0.5) is 14.5 Å². The molecule has 2 aromatic rings. The SMILES string of the molecule is Cc1ccc(C(=O)CCCN2CCC3(CC2)C(=O)NCN3c2ccc(F)c(F)c2)cc1. The van der Waals surface area contributed by atoms with Gasteiger partial charge in [0.05, 0.1) is 6.67 Å². The zero-order chi connectivity index (χ0) is 22.0. The molecule has 0 bridgehead atoms. The number of benzene rings is 2. The molecule has 4 rings (SSSR count). The van der Waals surface area contributed by atoms with E-state index in [1.165, 1.54) is 6.07 Å². The molecule has 0 aliphatic carbocycles. The lowest BCUT2D eigenvalue weighted by atomic mass is 9.85. The molecule has 1 N–H and O–H groups in total. The van der Waals surface area contributed by atoms with Crippen LogP contribution in [0.15, 0.2) is 42.5 Å². The van der Waals surface area contributed by atoms with Crippen molar-refractivity contribution in [2.75, 3.05) is 31.2 Å². The summed E-state index contributed by atoms with van der Waals surface area (Å²) in [5.41, 5.74) is 1.65. The molecule has 2 aliphatic heterocycles. The molecule has 2 aromatic carbocycles. The van der Waals surface area contributed by atoms with E-state index in [1.807, 2.05) is 36.1 Å². The van der Waals surface area contributed by atoms with Crippen LogP contribution in [0.5, 0.6) is 0 Å². The first-order chi connectivity index (χ1) is 14.9. The Kier molecular flexibility index (Phi) is 6.05. The van der Waals surface area contributed by atoms with Crippen molar-refractivity contribution in [1.82, 2.24) is 10.2 Å². The van der Waals surface area contributed by atoms with E-state index in [4.69, 9.17) is 0 Å². The lowest BCUT2D eigenvalue weighted by molar-refractivity contribution is -0.125. The van der Waals surface area contributed by atoms with E-state index in [2.05, 4.69) is 10.2 Å². The first-order valence-corrected chi connectivity index (χ1v) is 10.7. The molecule has 0 radical (unpaired) electrons. The van der Waals surface area contributed by atoms with E-state index >= 15 is 0 Å². The standard InChI is InChI=1S/C24H27F2N3O2/c1-17-4-6-18(7-5-17)22(30)3-2-12-28-13-10-24(11-14-28)23(31)27-16-29(24)19-8-9-20(25)21(26)15-19/h4-9,15H,2-3,10-14,16H2,1H3,(H,27,31). The summed E-state index contributed by atoms with van der Waals surface area (Å²) in [5.74, 6) is -1.73. The Morgan fingerprint density at radius 2 is 1.77 bits per heavy atom. The zero-order valence-electron chi connectivity index (χ0n) is 17.7. The molecule has 1 spiro atoms. The minimum atomic E-state index is -0.914. The highest BCUT2D eigenvalue weighted by Crippen LogP contribution is 2.36. The van der Waals surface area contributed by atoms with E-state index in [-0.39, 0.29) is 18.4 Å². The third kappa shape index (κ3) is 4.32. The molecule has 1 amide bonds. The Morgan fingerprint density at radius 1 is 1.06 bits per heavy atom. The van der Waals surface area contributed by atoms with Crippen LogP contribution >= 0.6 is 0 Å².